The highest BCUT2D eigenvalue weighted by Crippen LogP contribution is 2.28. The fourth-order valence-corrected chi connectivity index (χ4v) is 1.62. The van der Waals surface area contributed by atoms with Crippen molar-refractivity contribution in [1.29, 1.82) is 0 Å². The van der Waals surface area contributed by atoms with Gasteiger partial charge in [-0.2, -0.15) is 0 Å². The van der Waals surface area contributed by atoms with Gasteiger partial charge in [0.05, 0.1) is 4.47 Å². The molecule has 14 heavy (non-hydrogen) atoms. The van der Waals surface area contributed by atoms with E-state index in [1.54, 1.807) is 19.1 Å². The van der Waals surface area contributed by atoms with Gasteiger partial charge in [0.25, 0.3) is 0 Å². The van der Waals surface area contributed by atoms with E-state index in [2.05, 4.69) is 15.9 Å². The number of hydrogen-bond acceptors (Lipinski definition) is 2. The van der Waals surface area contributed by atoms with E-state index >= 15 is 0 Å². The van der Waals surface area contributed by atoms with Gasteiger partial charge in [-0.3, -0.25) is 0 Å². The van der Waals surface area contributed by atoms with E-state index in [0.29, 0.717) is 15.8 Å². The van der Waals surface area contributed by atoms with Gasteiger partial charge in [0, 0.05) is 11.5 Å². The van der Waals surface area contributed by atoms with Crippen LogP contribution in [-0.4, -0.2) is 5.11 Å². The van der Waals surface area contributed by atoms with Crippen molar-refractivity contribution in [2.24, 2.45) is 0 Å². The van der Waals surface area contributed by atoms with E-state index in [1.165, 1.54) is 6.07 Å². The Morgan fingerprint density at radius 3 is 2.79 bits per heavy atom. The number of fused-ring (bicyclic) bond motifs is 1. The molecule has 1 atom stereocenters. The molecule has 0 aliphatic heterocycles. The van der Waals surface area contributed by atoms with Crippen LogP contribution in [0.25, 0.3) is 11.0 Å². The molecule has 0 saturated heterocycles. The lowest BCUT2D eigenvalue weighted by molar-refractivity contribution is 0.172. The molecule has 0 bridgehead atoms. The molecule has 0 amide bonds. The van der Waals surface area contributed by atoms with Crippen LogP contribution in [0.4, 0.5) is 4.39 Å². The summed E-state index contributed by atoms with van der Waals surface area (Å²) in [7, 11) is 0. The SMILES string of the molecule is CC(O)c1cc2cc(Br)c(F)cc2o1. The number of benzene rings is 1. The summed E-state index contributed by atoms with van der Waals surface area (Å²) in [5.74, 6) is 0.0708. The highest BCUT2D eigenvalue weighted by molar-refractivity contribution is 9.10. The van der Waals surface area contributed by atoms with Crippen LogP contribution in [0.15, 0.2) is 27.1 Å². The summed E-state index contributed by atoms with van der Waals surface area (Å²) in [6.45, 7) is 1.60. The zero-order valence-corrected chi connectivity index (χ0v) is 9.01. The predicted octanol–water partition coefficient (Wildman–Crippen LogP) is 3.39. The Bertz CT molecular complexity index is 437. The van der Waals surface area contributed by atoms with Crippen molar-refractivity contribution >= 4 is 26.9 Å². The summed E-state index contributed by atoms with van der Waals surface area (Å²) < 4.78 is 18.7. The van der Waals surface area contributed by atoms with Crippen molar-refractivity contribution in [2.45, 2.75) is 13.0 Å². The summed E-state index contributed by atoms with van der Waals surface area (Å²) in [4.78, 5) is 0. The summed E-state index contributed by atoms with van der Waals surface area (Å²) in [6.07, 6.45) is -0.677. The molecule has 0 aliphatic rings. The first-order valence-electron chi connectivity index (χ1n) is 4.14. The second kappa shape index (κ2) is 3.37. The topological polar surface area (TPSA) is 33.4 Å². The van der Waals surface area contributed by atoms with Gasteiger partial charge in [0.2, 0.25) is 0 Å². The molecule has 1 unspecified atom stereocenters. The van der Waals surface area contributed by atoms with Crippen molar-refractivity contribution in [3.8, 4) is 0 Å². The molecule has 2 rings (SSSR count). The normalized spacial score (nSPS) is 13.4. The van der Waals surface area contributed by atoms with E-state index in [0.717, 1.165) is 5.39 Å². The van der Waals surface area contributed by atoms with Crippen LogP contribution >= 0.6 is 15.9 Å². The first kappa shape index (κ1) is 9.68. The number of aliphatic hydroxyl groups excluding tert-OH is 1. The van der Waals surface area contributed by atoms with Crippen LogP contribution in [0.1, 0.15) is 18.8 Å². The third-order valence-corrected chi connectivity index (χ3v) is 2.60. The van der Waals surface area contributed by atoms with Gasteiger partial charge < -0.3 is 9.52 Å². The third-order valence-electron chi connectivity index (χ3n) is 1.99. The average Bonchev–Trinajstić information content (AvgIpc) is 2.48. The van der Waals surface area contributed by atoms with E-state index in [4.69, 9.17) is 4.42 Å². The van der Waals surface area contributed by atoms with Gasteiger partial charge in [0.15, 0.2) is 0 Å². The average molecular weight is 259 g/mol. The lowest BCUT2D eigenvalue weighted by Crippen LogP contribution is -1.85. The Kier molecular flexibility index (Phi) is 2.33. The molecule has 0 spiro atoms. The third kappa shape index (κ3) is 1.55. The van der Waals surface area contributed by atoms with Crippen LogP contribution in [0.5, 0.6) is 0 Å². The maximum atomic E-state index is 13.1. The van der Waals surface area contributed by atoms with Crippen molar-refractivity contribution in [3.63, 3.8) is 0 Å². The van der Waals surface area contributed by atoms with E-state index < -0.39 is 6.10 Å². The van der Waals surface area contributed by atoms with E-state index in [1.807, 2.05) is 0 Å². The number of aliphatic hydroxyl groups is 1. The molecule has 1 aromatic carbocycles. The van der Waals surface area contributed by atoms with Crippen LogP contribution in [-0.2, 0) is 0 Å². The molecule has 0 saturated carbocycles. The van der Waals surface area contributed by atoms with Crippen molar-refractivity contribution < 1.29 is 13.9 Å². The van der Waals surface area contributed by atoms with E-state index in [-0.39, 0.29) is 5.82 Å². The van der Waals surface area contributed by atoms with Gasteiger partial charge in [-0.05, 0) is 35.0 Å². The van der Waals surface area contributed by atoms with Crippen LogP contribution in [0.3, 0.4) is 0 Å². The van der Waals surface area contributed by atoms with Gasteiger partial charge in [-0.15, -0.1) is 0 Å². The zero-order valence-electron chi connectivity index (χ0n) is 7.42. The molecule has 1 aromatic heterocycles. The molecule has 0 fully saturated rings. The molecule has 1 N–H and O–H groups in total. The van der Waals surface area contributed by atoms with Crippen molar-refractivity contribution in [1.82, 2.24) is 0 Å². The first-order chi connectivity index (χ1) is 6.58. The van der Waals surface area contributed by atoms with Gasteiger partial charge in [0.1, 0.15) is 23.3 Å². The lowest BCUT2D eigenvalue weighted by Gasteiger charge is -1.95. The van der Waals surface area contributed by atoms with Crippen molar-refractivity contribution in [3.05, 3.63) is 34.2 Å². The fourth-order valence-electron chi connectivity index (χ4n) is 1.26. The number of furan rings is 1. The molecule has 0 aliphatic carbocycles. The predicted molar refractivity (Wildman–Crippen MR) is 54.5 cm³/mol. The minimum atomic E-state index is -0.677. The Hall–Kier alpha value is -0.870. The minimum Gasteiger partial charge on any atom is -0.458 e. The largest absolute Gasteiger partial charge is 0.458 e. The molecule has 2 aromatic rings. The lowest BCUT2D eigenvalue weighted by atomic mass is 10.2. The molecule has 1 heterocycles. The molecule has 4 heteroatoms. The summed E-state index contributed by atoms with van der Waals surface area (Å²) in [5, 5.41) is 10.0. The Labute approximate surface area is 88.5 Å². The summed E-state index contributed by atoms with van der Waals surface area (Å²) >= 11 is 3.08. The monoisotopic (exact) mass is 258 g/mol. The van der Waals surface area contributed by atoms with Gasteiger partial charge in [-0.25, -0.2) is 4.39 Å². The quantitative estimate of drug-likeness (QED) is 0.851. The van der Waals surface area contributed by atoms with Gasteiger partial charge >= 0.3 is 0 Å². The Morgan fingerprint density at radius 1 is 1.43 bits per heavy atom. The second-order valence-corrected chi connectivity index (χ2v) is 3.98. The van der Waals surface area contributed by atoms with Crippen LogP contribution in [0.2, 0.25) is 0 Å². The Morgan fingerprint density at radius 2 is 2.14 bits per heavy atom. The van der Waals surface area contributed by atoms with E-state index in [9.17, 15) is 9.50 Å². The maximum Gasteiger partial charge on any atom is 0.141 e. The van der Waals surface area contributed by atoms with Crippen LogP contribution < -0.4 is 0 Å². The molecule has 0 radical (unpaired) electrons. The number of hydrogen-bond donors (Lipinski definition) is 1. The van der Waals surface area contributed by atoms with Gasteiger partial charge in [-0.1, -0.05) is 0 Å². The Balaban J connectivity index is 2.66. The first-order valence-corrected chi connectivity index (χ1v) is 4.94. The second-order valence-electron chi connectivity index (χ2n) is 3.13. The minimum absolute atomic E-state index is 0.371. The number of halogens is 2. The molecular weight excluding hydrogens is 251 g/mol. The number of rotatable bonds is 1. The molecule has 2 nitrogen and oxygen atoms in total. The van der Waals surface area contributed by atoms with Crippen LogP contribution in [0, 0.1) is 5.82 Å². The standard InChI is InChI=1S/C10H8BrFO2/c1-5(13)9-3-6-2-7(11)8(12)4-10(6)14-9/h2-5,13H,1H3. The fraction of sp³-hybridized carbons (Fsp3) is 0.200. The summed E-state index contributed by atoms with van der Waals surface area (Å²) in [5.41, 5.74) is 0.446. The van der Waals surface area contributed by atoms with Crippen molar-refractivity contribution in [2.75, 3.05) is 0 Å². The molecule has 74 valence electrons. The maximum absolute atomic E-state index is 13.1. The summed E-state index contributed by atoms with van der Waals surface area (Å²) in [6, 6.07) is 4.62. The zero-order chi connectivity index (χ0) is 10.3. The smallest absolute Gasteiger partial charge is 0.141 e. The highest BCUT2D eigenvalue weighted by atomic mass is 79.9. The highest BCUT2D eigenvalue weighted by Gasteiger charge is 2.10. The molecular formula is C10H8BrFO2.